The van der Waals surface area contributed by atoms with E-state index in [2.05, 4.69) is 0 Å². The number of hydrogen-bond donors (Lipinski definition) is 1. The van der Waals surface area contributed by atoms with Crippen molar-refractivity contribution in [1.82, 2.24) is 0 Å². The maximum Gasteiger partial charge on any atom is 0.331 e. The fourth-order valence-corrected chi connectivity index (χ4v) is 1.32. The average Bonchev–Trinajstić information content (AvgIpc) is 2.26. The van der Waals surface area contributed by atoms with Gasteiger partial charge in [-0.05, 0) is 25.5 Å². The van der Waals surface area contributed by atoms with Gasteiger partial charge < -0.3 is 9.84 Å². The van der Waals surface area contributed by atoms with Crippen molar-refractivity contribution in [3.63, 3.8) is 0 Å². The largest absolute Gasteiger partial charge is 0.496 e. The van der Waals surface area contributed by atoms with Crippen LogP contribution in [0.15, 0.2) is 29.8 Å². The van der Waals surface area contributed by atoms with Gasteiger partial charge in [-0.15, -0.1) is 0 Å². The molecule has 1 rings (SSSR count). The highest BCUT2D eigenvalue weighted by Gasteiger charge is 2.10. The van der Waals surface area contributed by atoms with Crippen molar-refractivity contribution in [2.75, 3.05) is 7.11 Å². The monoisotopic (exact) mass is 206 g/mol. The molecule has 0 atom stereocenters. The molecule has 1 aromatic rings. The summed E-state index contributed by atoms with van der Waals surface area (Å²) in [6.07, 6.45) is 0. The number of carboxylic acid groups (broad SMARTS) is 1. The number of allylic oxidation sites excluding steroid dienone is 1. The molecule has 1 aromatic carbocycles. The molecule has 0 spiro atoms. The first-order valence-corrected chi connectivity index (χ1v) is 4.62. The van der Waals surface area contributed by atoms with E-state index in [1.54, 1.807) is 21.0 Å². The zero-order chi connectivity index (χ0) is 11.4. The number of para-hydroxylation sites is 1. The molecule has 3 nitrogen and oxygen atoms in total. The SMILES string of the molecule is COc1ccccc1C(C)=C(C)C(=O)O. The fraction of sp³-hybridized carbons (Fsp3) is 0.250. The van der Waals surface area contributed by atoms with Gasteiger partial charge in [-0.3, -0.25) is 0 Å². The minimum Gasteiger partial charge on any atom is -0.496 e. The van der Waals surface area contributed by atoms with Crippen LogP contribution in [0.25, 0.3) is 5.57 Å². The van der Waals surface area contributed by atoms with E-state index < -0.39 is 5.97 Å². The third-order valence-corrected chi connectivity index (χ3v) is 2.39. The van der Waals surface area contributed by atoms with E-state index in [4.69, 9.17) is 9.84 Å². The lowest BCUT2D eigenvalue weighted by atomic mass is 10.0. The van der Waals surface area contributed by atoms with Crippen molar-refractivity contribution < 1.29 is 14.6 Å². The molecule has 0 saturated carbocycles. The number of carbonyl (C=O) groups is 1. The van der Waals surface area contributed by atoms with E-state index in [9.17, 15) is 4.79 Å². The smallest absolute Gasteiger partial charge is 0.331 e. The average molecular weight is 206 g/mol. The normalized spacial score (nSPS) is 11.9. The van der Waals surface area contributed by atoms with Crippen LogP contribution in [0, 0.1) is 0 Å². The Morgan fingerprint density at radius 2 is 1.87 bits per heavy atom. The number of methoxy groups -OCH3 is 1. The Labute approximate surface area is 89.0 Å². The molecule has 0 aliphatic heterocycles. The van der Waals surface area contributed by atoms with E-state index in [1.165, 1.54) is 0 Å². The van der Waals surface area contributed by atoms with Gasteiger partial charge in [0, 0.05) is 11.1 Å². The van der Waals surface area contributed by atoms with Gasteiger partial charge in [-0.2, -0.15) is 0 Å². The van der Waals surface area contributed by atoms with Crippen LogP contribution in [0.3, 0.4) is 0 Å². The molecule has 0 amide bonds. The summed E-state index contributed by atoms with van der Waals surface area (Å²) in [6.45, 7) is 3.37. The molecular weight excluding hydrogens is 192 g/mol. The molecule has 0 heterocycles. The van der Waals surface area contributed by atoms with Crippen LogP contribution in [0.1, 0.15) is 19.4 Å². The number of carboxylic acids is 1. The summed E-state index contributed by atoms with van der Waals surface area (Å²) in [6, 6.07) is 7.37. The second kappa shape index (κ2) is 4.64. The zero-order valence-corrected chi connectivity index (χ0v) is 9.07. The first kappa shape index (κ1) is 11.3. The van der Waals surface area contributed by atoms with Crippen molar-refractivity contribution in [3.8, 4) is 5.75 Å². The maximum absolute atomic E-state index is 10.8. The first-order chi connectivity index (χ1) is 7.07. The standard InChI is InChI=1S/C12H14O3/c1-8(9(2)12(13)14)10-6-4-5-7-11(10)15-3/h4-7H,1-3H3,(H,13,14). The van der Waals surface area contributed by atoms with Crippen molar-refractivity contribution in [2.24, 2.45) is 0 Å². The minimum atomic E-state index is -0.904. The highest BCUT2D eigenvalue weighted by Crippen LogP contribution is 2.27. The summed E-state index contributed by atoms with van der Waals surface area (Å²) < 4.78 is 5.17. The fourth-order valence-electron chi connectivity index (χ4n) is 1.32. The van der Waals surface area contributed by atoms with Gasteiger partial charge in [0.15, 0.2) is 0 Å². The third kappa shape index (κ3) is 2.37. The van der Waals surface area contributed by atoms with Crippen LogP contribution in [0.2, 0.25) is 0 Å². The van der Waals surface area contributed by atoms with E-state index >= 15 is 0 Å². The Kier molecular flexibility index (Phi) is 3.50. The molecule has 0 saturated heterocycles. The van der Waals surface area contributed by atoms with Crippen LogP contribution >= 0.6 is 0 Å². The summed E-state index contributed by atoms with van der Waals surface area (Å²) in [5.41, 5.74) is 1.87. The second-order valence-electron chi connectivity index (χ2n) is 3.26. The minimum absolute atomic E-state index is 0.333. The van der Waals surface area contributed by atoms with E-state index in [-0.39, 0.29) is 0 Å². The molecule has 15 heavy (non-hydrogen) atoms. The molecule has 0 aliphatic rings. The van der Waals surface area contributed by atoms with Gasteiger partial charge >= 0.3 is 5.97 Å². The Morgan fingerprint density at radius 3 is 2.40 bits per heavy atom. The summed E-state index contributed by atoms with van der Waals surface area (Å²) in [5.74, 6) is -0.214. The highest BCUT2D eigenvalue weighted by molar-refractivity contribution is 5.96. The molecule has 0 fully saturated rings. The first-order valence-electron chi connectivity index (χ1n) is 4.62. The van der Waals surface area contributed by atoms with Gasteiger partial charge in [0.1, 0.15) is 5.75 Å². The van der Waals surface area contributed by atoms with Gasteiger partial charge in [0.2, 0.25) is 0 Å². The van der Waals surface area contributed by atoms with Crippen molar-refractivity contribution in [1.29, 1.82) is 0 Å². The Balaban J connectivity index is 3.27. The van der Waals surface area contributed by atoms with E-state index in [0.29, 0.717) is 11.3 Å². The molecule has 1 N–H and O–H groups in total. The van der Waals surface area contributed by atoms with Crippen LogP contribution in [0.5, 0.6) is 5.75 Å². The lowest BCUT2D eigenvalue weighted by molar-refractivity contribution is -0.132. The van der Waals surface area contributed by atoms with Crippen molar-refractivity contribution >= 4 is 11.5 Å². The number of rotatable bonds is 3. The van der Waals surface area contributed by atoms with E-state index in [0.717, 1.165) is 11.1 Å². The Hall–Kier alpha value is -1.77. The molecule has 80 valence electrons. The van der Waals surface area contributed by atoms with Gasteiger partial charge in [-0.1, -0.05) is 18.2 Å². The lowest BCUT2D eigenvalue weighted by Gasteiger charge is -2.09. The molecule has 0 unspecified atom stereocenters. The topological polar surface area (TPSA) is 46.5 Å². The number of hydrogen-bond acceptors (Lipinski definition) is 2. The third-order valence-electron chi connectivity index (χ3n) is 2.39. The molecule has 0 radical (unpaired) electrons. The summed E-state index contributed by atoms with van der Waals surface area (Å²) in [5, 5.41) is 8.88. The second-order valence-corrected chi connectivity index (χ2v) is 3.26. The number of aliphatic carboxylic acids is 1. The summed E-state index contributed by atoms with van der Waals surface area (Å²) in [7, 11) is 1.57. The summed E-state index contributed by atoms with van der Waals surface area (Å²) in [4.78, 5) is 10.8. The molecule has 0 bridgehead atoms. The van der Waals surface area contributed by atoms with Crippen LogP contribution in [-0.2, 0) is 4.79 Å². The van der Waals surface area contributed by atoms with Gasteiger partial charge in [-0.25, -0.2) is 4.79 Å². The van der Waals surface area contributed by atoms with Crippen molar-refractivity contribution in [3.05, 3.63) is 35.4 Å². The lowest BCUT2D eigenvalue weighted by Crippen LogP contribution is -2.00. The highest BCUT2D eigenvalue weighted by atomic mass is 16.5. The van der Waals surface area contributed by atoms with Crippen LogP contribution in [0.4, 0.5) is 0 Å². The Morgan fingerprint density at radius 1 is 1.27 bits per heavy atom. The molecule has 0 aromatic heterocycles. The summed E-state index contributed by atoms with van der Waals surface area (Å²) >= 11 is 0. The zero-order valence-electron chi connectivity index (χ0n) is 9.07. The van der Waals surface area contributed by atoms with E-state index in [1.807, 2.05) is 24.3 Å². The molecular formula is C12H14O3. The quantitative estimate of drug-likeness (QED) is 0.773. The van der Waals surface area contributed by atoms with Gasteiger partial charge in [0.25, 0.3) is 0 Å². The predicted molar refractivity (Wildman–Crippen MR) is 58.9 cm³/mol. The maximum atomic E-state index is 10.8. The van der Waals surface area contributed by atoms with Crippen LogP contribution in [-0.4, -0.2) is 18.2 Å². The molecule has 0 aliphatic carbocycles. The Bertz CT molecular complexity index is 405. The predicted octanol–water partition coefficient (Wildman–Crippen LogP) is 2.57. The van der Waals surface area contributed by atoms with Gasteiger partial charge in [0.05, 0.1) is 7.11 Å². The number of benzene rings is 1. The number of ether oxygens (including phenoxy) is 1. The van der Waals surface area contributed by atoms with Crippen LogP contribution < -0.4 is 4.74 Å². The molecule has 3 heteroatoms. The van der Waals surface area contributed by atoms with Crippen molar-refractivity contribution in [2.45, 2.75) is 13.8 Å².